The number of thioether (sulfide) groups is 1. The summed E-state index contributed by atoms with van der Waals surface area (Å²) in [4.78, 5) is 0. The van der Waals surface area contributed by atoms with Gasteiger partial charge in [0.25, 0.3) is 0 Å². The fourth-order valence-electron chi connectivity index (χ4n) is 1.59. The van der Waals surface area contributed by atoms with Crippen molar-refractivity contribution < 1.29 is 0 Å². The smallest absolute Gasteiger partial charge is 0.0576 e. The molecule has 1 rings (SSSR count). The van der Waals surface area contributed by atoms with Crippen molar-refractivity contribution in [1.29, 1.82) is 0 Å². The van der Waals surface area contributed by atoms with Gasteiger partial charge in [0.15, 0.2) is 0 Å². The van der Waals surface area contributed by atoms with Crippen LogP contribution in [0.2, 0.25) is 0 Å². The van der Waals surface area contributed by atoms with E-state index in [1.54, 1.807) is 0 Å². The SMILES string of the molecule is CSCCCCCNc1cc(C)ccc1N. The van der Waals surface area contributed by atoms with E-state index in [4.69, 9.17) is 5.73 Å². The molecule has 0 atom stereocenters. The second kappa shape index (κ2) is 7.44. The van der Waals surface area contributed by atoms with E-state index in [0.717, 1.165) is 17.9 Å². The van der Waals surface area contributed by atoms with E-state index in [2.05, 4.69) is 24.6 Å². The molecule has 0 radical (unpaired) electrons. The third-order valence-corrected chi connectivity index (χ3v) is 3.25. The van der Waals surface area contributed by atoms with Crippen molar-refractivity contribution in [2.24, 2.45) is 0 Å². The number of hydrogen-bond acceptors (Lipinski definition) is 3. The van der Waals surface area contributed by atoms with Crippen LogP contribution in [0.3, 0.4) is 0 Å². The number of hydrogen-bond donors (Lipinski definition) is 2. The van der Waals surface area contributed by atoms with Crippen LogP contribution in [-0.2, 0) is 0 Å². The molecule has 0 bridgehead atoms. The van der Waals surface area contributed by atoms with Gasteiger partial charge in [0, 0.05) is 6.54 Å². The van der Waals surface area contributed by atoms with Crippen LogP contribution in [-0.4, -0.2) is 18.6 Å². The molecule has 1 aromatic carbocycles. The van der Waals surface area contributed by atoms with E-state index in [0.29, 0.717) is 0 Å². The van der Waals surface area contributed by atoms with Crippen molar-refractivity contribution in [3.63, 3.8) is 0 Å². The van der Waals surface area contributed by atoms with Gasteiger partial charge in [-0.2, -0.15) is 11.8 Å². The highest BCUT2D eigenvalue weighted by Gasteiger charge is 1.97. The summed E-state index contributed by atoms with van der Waals surface area (Å²) in [6.07, 6.45) is 5.98. The van der Waals surface area contributed by atoms with Crippen molar-refractivity contribution in [2.45, 2.75) is 26.2 Å². The molecule has 0 aliphatic carbocycles. The number of nitrogens with two attached hydrogens (primary N) is 1. The number of nitrogens with one attached hydrogen (secondary N) is 1. The van der Waals surface area contributed by atoms with E-state index >= 15 is 0 Å². The summed E-state index contributed by atoms with van der Waals surface area (Å²) in [5.74, 6) is 1.27. The molecule has 0 fully saturated rings. The van der Waals surface area contributed by atoms with Crippen LogP contribution in [0.25, 0.3) is 0 Å². The minimum Gasteiger partial charge on any atom is -0.397 e. The molecule has 90 valence electrons. The average Bonchev–Trinajstić information content (AvgIpc) is 2.28. The second-order valence-electron chi connectivity index (χ2n) is 4.07. The van der Waals surface area contributed by atoms with Gasteiger partial charge in [0.05, 0.1) is 11.4 Å². The molecule has 0 amide bonds. The van der Waals surface area contributed by atoms with Gasteiger partial charge in [-0.05, 0) is 49.5 Å². The zero-order valence-electron chi connectivity index (χ0n) is 10.3. The Bertz CT molecular complexity index is 313. The minimum absolute atomic E-state index is 0.842. The standard InChI is InChI=1S/C13H22N2S/c1-11-6-7-12(14)13(10-11)15-8-4-3-5-9-16-2/h6-7,10,15H,3-5,8-9,14H2,1-2H3. The summed E-state index contributed by atoms with van der Waals surface area (Å²) in [5, 5.41) is 3.40. The van der Waals surface area contributed by atoms with Crippen LogP contribution in [0.1, 0.15) is 24.8 Å². The molecule has 0 aliphatic heterocycles. The lowest BCUT2D eigenvalue weighted by Gasteiger charge is -2.09. The highest BCUT2D eigenvalue weighted by Crippen LogP contribution is 2.19. The molecule has 3 heteroatoms. The summed E-state index contributed by atoms with van der Waals surface area (Å²) in [6, 6.07) is 6.11. The molecule has 16 heavy (non-hydrogen) atoms. The maximum Gasteiger partial charge on any atom is 0.0576 e. The lowest BCUT2D eigenvalue weighted by Crippen LogP contribution is -2.04. The molecular weight excluding hydrogens is 216 g/mol. The molecule has 1 aromatic rings. The lowest BCUT2D eigenvalue weighted by molar-refractivity contribution is 0.750. The van der Waals surface area contributed by atoms with Crippen molar-refractivity contribution in [1.82, 2.24) is 0 Å². The average molecular weight is 238 g/mol. The quantitative estimate of drug-likeness (QED) is 0.564. The fraction of sp³-hybridized carbons (Fsp3) is 0.538. The topological polar surface area (TPSA) is 38.0 Å². The van der Waals surface area contributed by atoms with Crippen molar-refractivity contribution in [3.8, 4) is 0 Å². The van der Waals surface area contributed by atoms with Crippen LogP contribution < -0.4 is 11.1 Å². The highest BCUT2D eigenvalue weighted by molar-refractivity contribution is 7.98. The predicted molar refractivity (Wildman–Crippen MR) is 76.3 cm³/mol. The van der Waals surface area contributed by atoms with Gasteiger partial charge in [-0.25, -0.2) is 0 Å². The van der Waals surface area contributed by atoms with Crippen LogP contribution in [0, 0.1) is 6.92 Å². The Morgan fingerprint density at radius 2 is 2.06 bits per heavy atom. The summed E-state index contributed by atoms with van der Waals surface area (Å²) >= 11 is 1.92. The first-order valence-electron chi connectivity index (χ1n) is 5.83. The summed E-state index contributed by atoms with van der Waals surface area (Å²) in [7, 11) is 0. The van der Waals surface area contributed by atoms with Gasteiger partial charge < -0.3 is 11.1 Å². The number of benzene rings is 1. The number of unbranched alkanes of at least 4 members (excludes halogenated alkanes) is 2. The van der Waals surface area contributed by atoms with Gasteiger partial charge in [-0.15, -0.1) is 0 Å². The first kappa shape index (κ1) is 13.2. The largest absolute Gasteiger partial charge is 0.397 e. The van der Waals surface area contributed by atoms with E-state index in [1.165, 1.54) is 30.6 Å². The van der Waals surface area contributed by atoms with Crippen LogP contribution in [0.4, 0.5) is 11.4 Å². The zero-order chi connectivity index (χ0) is 11.8. The Balaban J connectivity index is 2.23. The molecule has 3 N–H and O–H groups in total. The van der Waals surface area contributed by atoms with Crippen LogP contribution in [0.15, 0.2) is 18.2 Å². The molecule has 0 saturated carbocycles. The first-order valence-corrected chi connectivity index (χ1v) is 7.22. The van der Waals surface area contributed by atoms with E-state index in [9.17, 15) is 0 Å². The predicted octanol–water partition coefficient (Wildman–Crippen LogP) is 3.52. The molecule has 0 aromatic heterocycles. The van der Waals surface area contributed by atoms with Gasteiger partial charge in [0.2, 0.25) is 0 Å². The summed E-state index contributed by atoms with van der Waals surface area (Å²) < 4.78 is 0. The number of nitrogen functional groups attached to an aromatic ring is 1. The van der Waals surface area contributed by atoms with Crippen molar-refractivity contribution in [2.75, 3.05) is 29.6 Å². The molecule has 2 nitrogen and oxygen atoms in total. The molecule has 0 aliphatic rings. The number of rotatable bonds is 7. The van der Waals surface area contributed by atoms with Gasteiger partial charge in [0.1, 0.15) is 0 Å². The van der Waals surface area contributed by atoms with Crippen LogP contribution in [0.5, 0.6) is 0 Å². The maximum atomic E-state index is 5.89. The first-order chi connectivity index (χ1) is 7.74. The Morgan fingerprint density at radius 3 is 2.81 bits per heavy atom. The summed E-state index contributed by atoms with van der Waals surface area (Å²) in [6.45, 7) is 3.10. The van der Waals surface area contributed by atoms with Gasteiger partial charge >= 0.3 is 0 Å². The Labute approximate surface area is 103 Å². The monoisotopic (exact) mass is 238 g/mol. The Hall–Kier alpha value is -0.830. The van der Waals surface area contributed by atoms with Crippen molar-refractivity contribution >= 4 is 23.1 Å². The summed E-state index contributed by atoms with van der Waals surface area (Å²) in [5.41, 5.74) is 9.05. The lowest BCUT2D eigenvalue weighted by atomic mass is 10.2. The Morgan fingerprint density at radius 1 is 1.25 bits per heavy atom. The maximum absolute atomic E-state index is 5.89. The third-order valence-electron chi connectivity index (χ3n) is 2.55. The zero-order valence-corrected chi connectivity index (χ0v) is 11.1. The van der Waals surface area contributed by atoms with Crippen molar-refractivity contribution in [3.05, 3.63) is 23.8 Å². The minimum atomic E-state index is 0.842. The second-order valence-corrected chi connectivity index (χ2v) is 5.06. The molecule has 0 unspecified atom stereocenters. The molecule has 0 spiro atoms. The normalized spacial score (nSPS) is 10.4. The van der Waals surface area contributed by atoms with E-state index < -0.39 is 0 Å². The third kappa shape index (κ3) is 4.79. The number of anilines is 2. The Kier molecular flexibility index (Phi) is 6.16. The van der Waals surface area contributed by atoms with Gasteiger partial charge in [-0.3, -0.25) is 0 Å². The number of aryl methyl sites for hydroxylation is 1. The molecule has 0 saturated heterocycles. The molecular formula is C13H22N2S. The highest BCUT2D eigenvalue weighted by atomic mass is 32.2. The fourth-order valence-corrected chi connectivity index (χ4v) is 2.09. The van der Waals surface area contributed by atoms with E-state index in [1.807, 2.05) is 23.9 Å². The molecule has 0 heterocycles. The van der Waals surface area contributed by atoms with Gasteiger partial charge in [-0.1, -0.05) is 12.5 Å². The van der Waals surface area contributed by atoms with E-state index in [-0.39, 0.29) is 0 Å². The van der Waals surface area contributed by atoms with Crippen LogP contribution >= 0.6 is 11.8 Å².